The van der Waals surface area contributed by atoms with Crippen LogP contribution in [-0.4, -0.2) is 14.5 Å². The molecule has 0 aliphatic heterocycles. The number of hydrogen-bond donors (Lipinski definition) is 0. The van der Waals surface area contributed by atoms with Gasteiger partial charge >= 0.3 is 0 Å². The molecular formula is C26H17N3. The molecule has 0 fully saturated rings. The molecule has 4 aromatic carbocycles. The molecule has 2 aromatic heterocycles. The molecule has 0 aliphatic carbocycles. The average molecular weight is 371 g/mol. The van der Waals surface area contributed by atoms with Gasteiger partial charge in [0.2, 0.25) is 0 Å². The van der Waals surface area contributed by atoms with Crippen molar-refractivity contribution < 1.29 is 0 Å². The zero-order valence-electron chi connectivity index (χ0n) is 15.7. The zero-order chi connectivity index (χ0) is 19.2. The molecule has 0 bridgehead atoms. The van der Waals surface area contributed by atoms with Crippen molar-refractivity contribution in [2.75, 3.05) is 0 Å². The summed E-state index contributed by atoms with van der Waals surface area (Å²) >= 11 is 0. The predicted molar refractivity (Wildman–Crippen MR) is 119 cm³/mol. The molecule has 0 radical (unpaired) electrons. The topological polar surface area (TPSA) is 30.7 Å². The Labute approximate surface area is 167 Å². The quantitative estimate of drug-likeness (QED) is 0.330. The van der Waals surface area contributed by atoms with Crippen molar-refractivity contribution in [1.82, 2.24) is 14.5 Å². The van der Waals surface area contributed by atoms with Crippen LogP contribution in [0.2, 0.25) is 0 Å². The lowest BCUT2D eigenvalue weighted by atomic mass is 10.0. The van der Waals surface area contributed by atoms with Crippen molar-refractivity contribution in [1.29, 1.82) is 0 Å². The first-order valence-electron chi connectivity index (χ1n) is 9.69. The van der Waals surface area contributed by atoms with E-state index < -0.39 is 0 Å². The number of fused-ring (bicyclic) bond motifs is 4. The summed E-state index contributed by atoms with van der Waals surface area (Å²) in [4.78, 5) is 9.68. The van der Waals surface area contributed by atoms with Crippen LogP contribution in [-0.2, 0) is 0 Å². The van der Waals surface area contributed by atoms with Crippen LogP contribution in [0.25, 0.3) is 49.8 Å². The van der Waals surface area contributed by atoms with Gasteiger partial charge in [-0.05, 0) is 35.7 Å². The molecule has 0 N–H and O–H groups in total. The van der Waals surface area contributed by atoms with Gasteiger partial charge < -0.3 is 0 Å². The molecule has 0 spiro atoms. The number of nitrogens with zero attached hydrogens (tertiary/aromatic N) is 3. The minimum absolute atomic E-state index is 0.925. The summed E-state index contributed by atoms with van der Waals surface area (Å²) in [6, 6.07) is 33.5. The summed E-state index contributed by atoms with van der Waals surface area (Å²) in [5, 5.41) is 3.54. The Morgan fingerprint density at radius 2 is 1.41 bits per heavy atom. The van der Waals surface area contributed by atoms with Gasteiger partial charge in [0.1, 0.15) is 5.82 Å². The fourth-order valence-electron chi connectivity index (χ4n) is 4.06. The second-order valence-corrected chi connectivity index (χ2v) is 7.17. The molecule has 6 aromatic rings. The first kappa shape index (κ1) is 16.0. The van der Waals surface area contributed by atoms with Gasteiger partial charge in [0, 0.05) is 28.2 Å². The predicted octanol–water partition coefficient (Wildman–Crippen LogP) is 6.39. The van der Waals surface area contributed by atoms with Gasteiger partial charge in [0.15, 0.2) is 0 Å². The van der Waals surface area contributed by atoms with Crippen LogP contribution in [0, 0.1) is 0 Å². The monoisotopic (exact) mass is 371 g/mol. The van der Waals surface area contributed by atoms with Gasteiger partial charge in [-0.2, -0.15) is 0 Å². The smallest absolute Gasteiger partial charge is 0.145 e. The van der Waals surface area contributed by atoms with Crippen molar-refractivity contribution in [2.24, 2.45) is 0 Å². The molecule has 2 heterocycles. The Hall–Kier alpha value is -3.98. The molecular weight excluding hydrogens is 354 g/mol. The number of imidazole rings is 1. The highest BCUT2D eigenvalue weighted by Crippen LogP contribution is 2.31. The van der Waals surface area contributed by atoms with Crippen molar-refractivity contribution in [3.05, 3.63) is 103 Å². The third-order valence-electron chi connectivity index (χ3n) is 5.42. The normalized spacial score (nSPS) is 11.4. The van der Waals surface area contributed by atoms with E-state index in [1.54, 1.807) is 0 Å². The second kappa shape index (κ2) is 6.28. The SMILES string of the molecule is c1ccc(-n2c(-c3ccc4c(c3)ncc3ccccc34)nc3ccccc32)cc1. The van der Waals surface area contributed by atoms with Crippen LogP contribution >= 0.6 is 0 Å². The molecule has 29 heavy (non-hydrogen) atoms. The summed E-state index contributed by atoms with van der Waals surface area (Å²) in [6.45, 7) is 0. The third-order valence-corrected chi connectivity index (χ3v) is 5.42. The molecule has 0 unspecified atom stereocenters. The maximum absolute atomic E-state index is 4.96. The van der Waals surface area contributed by atoms with E-state index in [0.29, 0.717) is 0 Å². The van der Waals surface area contributed by atoms with Gasteiger partial charge in [0.25, 0.3) is 0 Å². The molecule has 0 saturated carbocycles. The third kappa shape index (κ3) is 2.52. The summed E-state index contributed by atoms with van der Waals surface area (Å²) in [7, 11) is 0. The van der Waals surface area contributed by atoms with Gasteiger partial charge in [-0.1, -0.05) is 66.7 Å². The Balaban J connectivity index is 1.64. The van der Waals surface area contributed by atoms with Crippen molar-refractivity contribution >= 4 is 32.7 Å². The summed E-state index contributed by atoms with van der Waals surface area (Å²) < 4.78 is 2.22. The van der Waals surface area contributed by atoms with Crippen LogP contribution in [0.4, 0.5) is 0 Å². The van der Waals surface area contributed by atoms with Crippen LogP contribution in [0.3, 0.4) is 0 Å². The maximum atomic E-state index is 4.96. The van der Waals surface area contributed by atoms with Gasteiger partial charge in [0.05, 0.1) is 16.6 Å². The van der Waals surface area contributed by atoms with E-state index in [2.05, 4.69) is 83.4 Å². The van der Waals surface area contributed by atoms with Gasteiger partial charge in [-0.15, -0.1) is 0 Å². The Morgan fingerprint density at radius 3 is 2.34 bits per heavy atom. The summed E-state index contributed by atoms with van der Waals surface area (Å²) in [5.74, 6) is 0.925. The molecule has 3 heteroatoms. The van der Waals surface area contributed by atoms with E-state index >= 15 is 0 Å². The highest BCUT2D eigenvalue weighted by atomic mass is 15.1. The fourth-order valence-corrected chi connectivity index (χ4v) is 4.06. The number of para-hydroxylation sites is 3. The molecule has 0 atom stereocenters. The Bertz CT molecular complexity index is 1500. The average Bonchev–Trinajstić information content (AvgIpc) is 3.19. The van der Waals surface area contributed by atoms with E-state index in [1.807, 2.05) is 24.4 Å². The van der Waals surface area contributed by atoms with E-state index in [9.17, 15) is 0 Å². The highest BCUT2D eigenvalue weighted by Gasteiger charge is 2.15. The van der Waals surface area contributed by atoms with E-state index in [-0.39, 0.29) is 0 Å². The fraction of sp³-hybridized carbons (Fsp3) is 0. The lowest BCUT2D eigenvalue weighted by Crippen LogP contribution is -1.97. The largest absolute Gasteiger partial charge is 0.292 e. The Morgan fingerprint density at radius 1 is 0.621 bits per heavy atom. The van der Waals surface area contributed by atoms with Crippen molar-refractivity contribution in [3.8, 4) is 17.1 Å². The number of pyridine rings is 1. The molecule has 0 saturated heterocycles. The lowest BCUT2D eigenvalue weighted by molar-refractivity contribution is 1.10. The molecule has 0 aliphatic rings. The highest BCUT2D eigenvalue weighted by molar-refractivity contribution is 6.06. The lowest BCUT2D eigenvalue weighted by Gasteiger charge is -2.10. The van der Waals surface area contributed by atoms with Crippen molar-refractivity contribution in [2.45, 2.75) is 0 Å². The van der Waals surface area contributed by atoms with Crippen LogP contribution in [0.1, 0.15) is 0 Å². The summed E-state index contributed by atoms with van der Waals surface area (Å²) in [6.07, 6.45) is 1.95. The molecule has 3 nitrogen and oxygen atoms in total. The standard InChI is InChI=1S/C26H17N3/c1-2-9-20(10-3-1)29-25-13-7-6-12-23(25)28-26(29)18-14-15-22-21-11-5-4-8-19(21)17-27-24(22)16-18/h1-17H. The minimum atomic E-state index is 0.925. The maximum Gasteiger partial charge on any atom is 0.145 e. The summed E-state index contributed by atoms with van der Waals surface area (Å²) in [5.41, 5.74) is 5.22. The first-order chi connectivity index (χ1) is 14.4. The zero-order valence-corrected chi connectivity index (χ0v) is 15.7. The number of benzene rings is 4. The van der Waals surface area contributed by atoms with Gasteiger partial charge in [-0.25, -0.2) is 4.98 Å². The van der Waals surface area contributed by atoms with E-state index in [1.165, 1.54) is 5.39 Å². The molecule has 0 amide bonds. The van der Waals surface area contributed by atoms with Crippen LogP contribution < -0.4 is 0 Å². The van der Waals surface area contributed by atoms with Gasteiger partial charge in [-0.3, -0.25) is 9.55 Å². The second-order valence-electron chi connectivity index (χ2n) is 7.17. The van der Waals surface area contributed by atoms with Crippen LogP contribution in [0.15, 0.2) is 103 Å². The van der Waals surface area contributed by atoms with Crippen molar-refractivity contribution in [3.63, 3.8) is 0 Å². The van der Waals surface area contributed by atoms with Crippen LogP contribution in [0.5, 0.6) is 0 Å². The number of hydrogen-bond acceptors (Lipinski definition) is 2. The molecule has 6 rings (SSSR count). The molecule has 136 valence electrons. The number of rotatable bonds is 2. The first-order valence-corrected chi connectivity index (χ1v) is 9.69. The number of aromatic nitrogens is 3. The minimum Gasteiger partial charge on any atom is -0.292 e. The van der Waals surface area contributed by atoms with E-state index in [0.717, 1.165) is 44.4 Å². The Kier molecular flexibility index (Phi) is 3.47. The van der Waals surface area contributed by atoms with E-state index in [4.69, 9.17) is 9.97 Å².